The van der Waals surface area contributed by atoms with Gasteiger partial charge in [-0.15, -0.1) is 0 Å². The van der Waals surface area contributed by atoms with Crippen LogP contribution >= 0.6 is 0 Å². The zero-order valence-corrected chi connectivity index (χ0v) is 11.7. The average molecular weight is 260 g/mol. The van der Waals surface area contributed by atoms with E-state index in [9.17, 15) is 4.79 Å². The molecule has 0 saturated heterocycles. The summed E-state index contributed by atoms with van der Waals surface area (Å²) in [4.78, 5) is 14.2. The van der Waals surface area contributed by atoms with Gasteiger partial charge in [-0.3, -0.25) is 4.79 Å². The Balaban J connectivity index is 1.87. The van der Waals surface area contributed by atoms with Gasteiger partial charge in [0.2, 0.25) is 5.91 Å². The zero-order chi connectivity index (χ0) is 13.7. The molecule has 3 nitrogen and oxygen atoms in total. The average Bonchev–Trinajstić information content (AvgIpc) is 2.38. The second-order valence-electron chi connectivity index (χ2n) is 5.45. The Hall–Kier alpha value is -1.35. The lowest BCUT2D eigenvalue weighted by Crippen LogP contribution is -2.38. The van der Waals surface area contributed by atoms with Crippen LogP contribution in [0.4, 0.5) is 0 Å². The summed E-state index contributed by atoms with van der Waals surface area (Å²) in [5, 5.41) is 0. The Morgan fingerprint density at radius 1 is 1.37 bits per heavy atom. The van der Waals surface area contributed by atoms with Crippen LogP contribution in [0.3, 0.4) is 0 Å². The molecule has 0 aromatic heterocycles. The van der Waals surface area contributed by atoms with Gasteiger partial charge in [-0.2, -0.15) is 0 Å². The van der Waals surface area contributed by atoms with E-state index < -0.39 is 0 Å². The standard InChI is InChI=1S/C16H24N2O/c1-2-18(12-13-7-6-8-13)16(19)11-15(17)14-9-4-3-5-10-14/h3-5,9-10,13,15H,2,6-8,11-12,17H2,1H3. The molecule has 3 heteroatoms. The Morgan fingerprint density at radius 2 is 2.05 bits per heavy atom. The lowest BCUT2D eigenvalue weighted by atomic mass is 9.85. The van der Waals surface area contributed by atoms with E-state index in [1.807, 2.05) is 42.2 Å². The fourth-order valence-corrected chi connectivity index (χ4v) is 2.53. The van der Waals surface area contributed by atoms with Gasteiger partial charge in [0.1, 0.15) is 0 Å². The summed E-state index contributed by atoms with van der Waals surface area (Å²) in [6.45, 7) is 3.75. The normalized spacial score (nSPS) is 16.7. The predicted molar refractivity (Wildman–Crippen MR) is 77.6 cm³/mol. The van der Waals surface area contributed by atoms with Crippen molar-refractivity contribution in [1.29, 1.82) is 0 Å². The minimum absolute atomic E-state index is 0.186. The number of carbonyl (C=O) groups excluding carboxylic acids is 1. The molecule has 0 aliphatic heterocycles. The van der Waals surface area contributed by atoms with Crippen LogP contribution in [0.15, 0.2) is 30.3 Å². The van der Waals surface area contributed by atoms with Gasteiger partial charge >= 0.3 is 0 Å². The van der Waals surface area contributed by atoms with Gasteiger partial charge in [0.15, 0.2) is 0 Å². The summed E-state index contributed by atoms with van der Waals surface area (Å²) in [5.74, 6) is 0.905. The minimum Gasteiger partial charge on any atom is -0.343 e. The van der Waals surface area contributed by atoms with Crippen molar-refractivity contribution in [2.45, 2.75) is 38.6 Å². The molecule has 1 atom stereocenters. The van der Waals surface area contributed by atoms with Crippen molar-refractivity contribution in [3.8, 4) is 0 Å². The van der Waals surface area contributed by atoms with Crippen LogP contribution in [0, 0.1) is 5.92 Å². The molecule has 2 rings (SSSR count). The Labute approximate surface area is 115 Å². The van der Waals surface area contributed by atoms with Crippen LogP contribution in [0.25, 0.3) is 0 Å². The van der Waals surface area contributed by atoms with Crippen molar-refractivity contribution < 1.29 is 4.79 Å². The lowest BCUT2D eigenvalue weighted by Gasteiger charge is -2.32. The van der Waals surface area contributed by atoms with E-state index in [0.29, 0.717) is 6.42 Å². The number of benzene rings is 1. The Kier molecular flexibility index (Phi) is 4.97. The molecule has 1 aromatic carbocycles. The molecule has 1 aliphatic carbocycles. The third-order valence-electron chi connectivity index (χ3n) is 4.06. The molecule has 2 N–H and O–H groups in total. The second kappa shape index (κ2) is 6.71. The first-order valence-corrected chi connectivity index (χ1v) is 7.29. The first-order chi connectivity index (χ1) is 9.20. The molecule has 1 fully saturated rings. The Bertz CT molecular complexity index is 400. The van der Waals surface area contributed by atoms with Gasteiger partial charge in [0.25, 0.3) is 0 Å². The van der Waals surface area contributed by atoms with Gasteiger partial charge in [0, 0.05) is 25.6 Å². The van der Waals surface area contributed by atoms with E-state index in [0.717, 1.165) is 24.6 Å². The molecule has 104 valence electrons. The maximum atomic E-state index is 12.3. The summed E-state index contributed by atoms with van der Waals surface area (Å²) < 4.78 is 0. The number of hydrogen-bond donors (Lipinski definition) is 1. The number of nitrogens with two attached hydrogens (primary N) is 1. The van der Waals surface area contributed by atoms with Crippen molar-refractivity contribution in [3.63, 3.8) is 0 Å². The number of amides is 1. The van der Waals surface area contributed by atoms with Gasteiger partial charge in [-0.25, -0.2) is 0 Å². The van der Waals surface area contributed by atoms with Gasteiger partial charge in [-0.1, -0.05) is 36.8 Å². The molecule has 1 unspecified atom stereocenters. The first kappa shape index (κ1) is 14.1. The minimum atomic E-state index is -0.191. The molecule has 0 radical (unpaired) electrons. The largest absolute Gasteiger partial charge is 0.343 e. The summed E-state index contributed by atoms with van der Waals surface area (Å²) in [6, 6.07) is 9.68. The maximum absolute atomic E-state index is 12.3. The molecular formula is C16H24N2O. The summed E-state index contributed by atoms with van der Waals surface area (Å²) >= 11 is 0. The quantitative estimate of drug-likeness (QED) is 0.855. The number of rotatable bonds is 6. The van der Waals surface area contributed by atoms with E-state index in [1.165, 1.54) is 19.3 Å². The fraction of sp³-hybridized carbons (Fsp3) is 0.562. The molecule has 1 aromatic rings. The third-order valence-corrected chi connectivity index (χ3v) is 4.06. The van der Waals surface area contributed by atoms with E-state index >= 15 is 0 Å². The monoisotopic (exact) mass is 260 g/mol. The van der Waals surface area contributed by atoms with Crippen LogP contribution in [-0.4, -0.2) is 23.9 Å². The highest BCUT2D eigenvalue weighted by Gasteiger charge is 2.23. The van der Waals surface area contributed by atoms with Crippen molar-refractivity contribution in [2.24, 2.45) is 11.7 Å². The molecular weight excluding hydrogens is 236 g/mol. The highest BCUT2D eigenvalue weighted by Crippen LogP contribution is 2.27. The highest BCUT2D eigenvalue weighted by molar-refractivity contribution is 5.77. The number of carbonyl (C=O) groups is 1. The molecule has 0 bridgehead atoms. The SMILES string of the molecule is CCN(CC1CCC1)C(=O)CC(N)c1ccccc1. The van der Waals surface area contributed by atoms with Crippen LogP contribution in [-0.2, 0) is 4.79 Å². The van der Waals surface area contributed by atoms with Crippen molar-refractivity contribution in [2.75, 3.05) is 13.1 Å². The zero-order valence-electron chi connectivity index (χ0n) is 11.7. The maximum Gasteiger partial charge on any atom is 0.224 e. The number of hydrogen-bond acceptors (Lipinski definition) is 2. The lowest BCUT2D eigenvalue weighted by molar-refractivity contribution is -0.132. The third kappa shape index (κ3) is 3.80. The molecule has 1 aliphatic rings. The molecule has 19 heavy (non-hydrogen) atoms. The summed E-state index contributed by atoms with van der Waals surface area (Å²) in [5.41, 5.74) is 7.16. The highest BCUT2D eigenvalue weighted by atomic mass is 16.2. The van der Waals surface area contributed by atoms with Gasteiger partial charge in [-0.05, 0) is 31.2 Å². The van der Waals surface area contributed by atoms with E-state index in [4.69, 9.17) is 5.73 Å². The van der Waals surface area contributed by atoms with Gasteiger partial charge < -0.3 is 10.6 Å². The summed E-state index contributed by atoms with van der Waals surface area (Å²) in [6.07, 6.45) is 4.27. The number of nitrogens with zero attached hydrogens (tertiary/aromatic N) is 1. The van der Waals surface area contributed by atoms with E-state index in [1.54, 1.807) is 0 Å². The van der Waals surface area contributed by atoms with Crippen LogP contribution in [0.2, 0.25) is 0 Å². The van der Waals surface area contributed by atoms with Crippen molar-refractivity contribution in [1.82, 2.24) is 4.90 Å². The summed E-state index contributed by atoms with van der Waals surface area (Å²) in [7, 11) is 0. The topological polar surface area (TPSA) is 46.3 Å². The molecule has 1 amide bonds. The van der Waals surface area contributed by atoms with Crippen LogP contribution in [0.1, 0.15) is 44.2 Å². The van der Waals surface area contributed by atoms with Crippen LogP contribution < -0.4 is 5.73 Å². The second-order valence-corrected chi connectivity index (χ2v) is 5.45. The molecule has 1 saturated carbocycles. The molecule has 0 spiro atoms. The van der Waals surface area contributed by atoms with E-state index in [-0.39, 0.29) is 11.9 Å². The smallest absolute Gasteiger partial charge is 0.224 e. The first-order valence-electron chi connectivity index (χ1n) is 7.29. The van der Waals surface area contributed by atoms with Crippen LogP contribution in [0.5, 0.6) is 0 Å². The van der Waals surface area contributed by atoms with Gasteiger partial charge in [0.05, 0.1) is 0 Å². The Morgan fingerprint density at radius 3 is 2.58 bits per heavy atom. The van der Waals surface area contributed by atoms with Crippen molar-refractivity contribution >= 4 is 5.91 Å². The van der Waals surface area contributed by atoms with E-state index in [2.05, 4.69) is 0 Å². The predicted octanol–water partition coefficient (Wildman–Crippen LogP) is 2.73. The fourth-order valence-electron chi connectivity index (χ4n) is 2.53. The van der Waals surface area contributed by atoms with Crippen molar-refractivity contribution in [3.05, 3.63) is 35.9 Å². The molecule has 0 heterocycles.